The molecule has 1 amide bonds. The number of anilines is 1. The van der Waals surface area contributed by atoms with Crippen LogP contribution in [0.4, 0.5) is 19.0 Å². The Labute approximate surface area is 154 Å². The number of halogens is 3. The molecule has 8 heteroatoms. The van der Waals surface area contributed by atoms with E-state index in [1.807, 2.05) is 0 Å². The van der Waals surface area contributed by atoms with Gasteiger partial charge in [-0.25, -0.2) is 9.98 Å². The second-order valence-electron chi connectivity index (χ2n) is 6.26. The summed E-state index contributed by atoms with van der Waals surface area (Å²) >= 11 is 0. The molecule has 0 unspecified atom stereocenters. The lowest BCUT2D eigenvalue weighted by Gasteiger charge is -2.29. The Morgan fingerprint density at radius 1 is 1.11 bits per heavy atom. The van der Waals surface area contributed by atoms with E-state index in [0.717, 1.165) is 4.90 Å². The van der Waals surface area contributed by atoms with E-state index in [-0.39, 0.29) is 18.2 Å². The van der Waals surface area contributed by atoms with E-state index in [1.54, 1.807) is 56.3 Å². The number of rotatable bonds is 5. The van der Waals surface area contributed by atoms with Gasteiger partial charge in [0.05, 0.1) is 0 Å². The summed E-state index contributed by atoms with van der Waals surface area (Å²) in [5.74, 6) is -1.21. The maximum Gasteiger partial charge on any atom is 0.442 e. The first kappa shape index (κ1) is 18.9. The number of amidine groups is 1. The number of aromatic nitrogens is 1. The van der Waals surface area contributed by atoms with Gasteiger partial charge >= 0.3 is 11.8 Å². The molecule has 1 aromatic heterocycles. The first-order valence-electron chi connectivity index (χ1n) is 8.54. The predicted molar refractivity (Wildman–Crippen MR) is 96.4 cm³/mol. The standard InChI is InChI=1S/C19H19F3N4O/c1-3-12-26-16(14-9-5-4-6-10-14)25-18(17(26)27,19(20,21)22)24-15-11-7-8-13(2)23-15/h4-11H,3,12H2,1-2H3,(H,23,24)/t18-/m1/s1. The quantitative estimate of drug-likeness (QED) is 0.865. The van der Waals surface area contributed by atoms with Gasteiger partial charge in [-0.05, 0) is 25.5 Å². The molecule has 1 aromatic carbocycles. The molecule has 142 valence electrons. The number of aryl methyl sites for hydroxylation is 1. The first-order chi connectivity index (χ1) is 12.8. The topological polar surface area (TPSA) is 57.6 Å². The normalized spacial score (nSPS) is 20.0. The molecular weight excluding hydrogens is 357 g/mol. The highest BCUT2D eigenvalue weighted by Gasteiger charge is 2.66. The Morgan fingerprint density at radius 3 is 2.41 bits per heavy atom. The summed E-state index contributed by atoms with van der Waals surface area (Å²) in [7, 11) is 0. The molecule has 0 saturated heterocycles. The van der Waals surface area contributed by atoms with Gasteiger partial charge in [-0.3, -0.25) is 9.69 Å². The van der Waals surface area contributed by atoms with Gasteiger partial charge in [0.25, 0.3) is 5.91 Å². The highest BCUT2D eigenvalue weighted by Crippen LogP contribution is 2.40. The van der Waals surface area contributed by atoms with Gasteiger partial charge in [-0.1, -0.05) is 43.3 Å². The van der Waals surface area contributed by atoms with Crippen LogP contribution in [0.1, 0.15) is 24.6 Å². The van der Waals surface area contributed by atoms with Crippen molar-refractivity contribution in [3.8, 4) is 0 Å². The monoisotopic (exact) mass is 376 g/mol. The molecule has 0 bridgehead atoms. The van der Waals surface area contributed by atoms with Crippen molar-refractivity contribution in [1.29, 1.82) is 0 Å². The number of alkyl halides is 3. The lowest BCUT2D eigenvalue weighted by Crippen LogP contribution is -2.58. The van der Waals surface area contributed by atoms with Crippen LogP contribution in [0.5, 0.6) is 0 Å². The number of pyridine rings is 1. The molecule has 1 atom stereocenters. The summed E-state index contributed by atoms with van der Waals surface area (Å²) in [6, 6.07) is 13.0. The molecule has 0 fully saturated rings. The van der Waals surface area contributed by atoms with Crippen LogP contribution in [0, 0.1) is 6.92 Å². The van der Waals surface area contributed by atoms with E-state index in [9.17, 15) is 18.0 Å². The van der Waals surface area contributed by atoms with Crippen molar-refractivity contribution >= 4 is 17.6 Å². The fourth-order valence-corrected chi connectivity index (χ4v) is 2.93. The number of hydrogen-bond donors (Lipinski definition) is 1. The van der Waals surface area contributed by atoms with Gasteiger partial charge in [-0.2, -0.15) is 13.2 Å². The number of amides is 1. The Kier molecular flexibility index (Phi) is 4.91. The number of benzene rings is 1. The van der Waals surface area contributed by atoms with E-state index in [4.69, 9.17) is 0 Å². The molecular formula is C19H19F3N4O. The molecule has 0 aliphatic carbocycles. The third kappa shape index (κ3) is 3.39. The van der Waals surface area contributed by atoms with Crippen molar-refractivity contribution in [2.24, 2.45) is 4.99 Å². The van der Waals surface area contributed by atoms with Gasteiger partial charge in [0.15, 0.2) is 0 Å². The second-order valence-corrected chi connectivity index (χ2v) is 6.26. The highest BCUT2D eigenvalue weighted by atomic mass is 19.4. The lowest BCUT2D eigenvalue weighted by molar-refractivity contribution is -0.185. The van der Waals surface area contributed by atoms with Crippen molar-refractivity contribution in [3.05, 3.63) is 59.8 Å². The van der Waals surface area contributed by atoms with E-state index in [0.29, 0.717) is 17.7 Å². The SMILES string of the molecule is CCCN1C(=O)[C@](Nc2cccc(C)n2)(C(F)(F)F)N=C1c1ccccc1. The van der Waals surface area contributed by atoms with Crippen LogP contribution in [0.2, 0.25) is 0 Å². The molecule has 0 radical (unpaired) electrons. The fraction of sp³-hybridized carbons (Fsp3) is 0.316. The van der Waals surface area contributed by atoms with Gasteiger partial charge in [0, 0.05) is 17.8 Å². The van der Waals surface area contributed by atoms with Gasteiger partial charge in [0.1, 0.15) is 11.7 Å². The van der Waals surface area contributed by atoms with Crippen LogP contribution in [0.3, 0.4) is 0 Å². The van der Waals surface area contributed by atoms with Gasteiger partial charge < -0.3 is 5.32 Å². The Morgan fingerprint density at radius 2 is 1.81 bits per heavy atom. The van der Waals surface area contributed by atoms with Crippen molar-refractivity contribution in [3.63, 3.8) is 0 Å². The van der Waals surface area contributed by atoms with E-state index in [2.05, 4.69) is 15.3 Å². The Hall–Kier alpha value is -2.90. The molecule has 3 rings (SSSR count). The average Bonchev–Trinajstić information content (AvgIpc) is 2.90. The number of aliphatic imine (C=N–C) groups is 1. The molecule has 2 heterocycles. The maximum atomic E-state index is 14.1. The summed E-state index contributed by atoms with van der Waals surface area (Å²) < 4.78 is 42.3. The Balaban J connectivity index is 2.14. The zero-order chi connectivity index (χ0) is 19.7. The molecule has 0 spiro atoms. The van der Waals surface area contributed by atoms with E-state index in [1.165, 1.54) is 6.07 Å². The molecule has 27 heavy (non-hydrogen) atoms. The summed E-state index contributed by atoms with van der Waals surface area (Å²) in [5, 5.41) is 2.26. The predicted octanol–water partition coefficient (Wildman–Crippen LogP) is 3.76. The molecule has 2 aromatic rings. The maximum absolute atomic E-state index is 14.1. The molecule has 0 saturated carbocycles. The zero-order valence-electron chi connectivity index (χ0n) is 14.9. The molecule has 5 nitrogen and oxygen atoms in total. The summed E-state index contributed by atoms with van der Waals surface area (Å²) in [6.07, 6.45) is -4.45. The summed E-state index contributed by atoms with van der Waals surface area (Å²) in [5.41, 5.74) is -2.13. The highest BCUT2D eigenvalue weighted by molar-refractivity contribution is 6.16. The second kappa shape index (κ2) is 7.02. The number of hydrogen-bond acceptors (Lipinski definition) is 4. The number of carbonyl (C=O) groups is 1. The molecule has 1 aliphatic rings. The lowest BCUT2D eigenvalue weighted by atomic mass is 10.1. The number of nitrogens with one attached hydrogen (secondary N) is 1. The smallest absolute Gasteiger partial charge is 0.331 e. The van der Waals surface area contributed by atoms with Crippen molar-refractivity contribution < 1.29 is 18.0 Å². The van der Waals surface area contributed by atoms with Crippen LogP contribution in [-0.2, 0) is 4.79 Å². The molecule has 1 N–H and O–H groups in total. The zero-order valence-corrected chi connectivity index (χ0v) is 14.9. The minimum Gasteiger partial charge on any atom is -0.331 e. The average molecular weight is 376 g/mol. The summed E-state index contributed by atoms with van der Waals surface area (Å²) in [6.45, 7) is 3.58. The van der Waals surface area contributed by atoms with Crippen molar-refractivity contribution in [1.82, 2.24) is 9.88 Å². The van der Waals surface area contributed by atoms with Crippen LogP contribution in [0.15, 0.2) is 53.5 Å². The van der Waals surface area contributed by atoms with Crippen molar-refractivity contribution in [2.75, 3.05) is 11.9 Å². The third-order valence-corrected chi connectivity index (χ3v) is 4.17. The minimum absolute atomic E-state index is 0.0000666. The van der Waals surface area contributed by atoms with E-state index >= 15 is 0 Å². The minimum atomic E-state index is -4.95. The van der Waals surface area contributed by atoms with E-state index < -0.39 is 17.7 Å². The fourth-order valence-electron chi connectivity index (χ4n) is 2.93. The number of carbonyl (C=O) groups excluding carboxylic acids is 1. The van der Waals surface area contributed by atoms with Crippen LogP contribution >= 0.6 is 0 Å². The number of nitrogens with zero attached hydrogens (tertiary/aromatic N) is 3. The summed E-state index contributed by atoms with van der Waals surface area (Å²) in [4.78, 5) is 22.0. The first-order valence-corrected chi connectivity index (χ1v) is 8.54. The third-order valence-electron chi connectivity index (χ3n) is 4.17. The Bertz CT molecular complexity index is 867. The largest absolute Gasteiger partial charge is 0.442 e. The van der Waals surface area contributed by atoms with Gasteiger partial charge in [-0.15, -0.1) is 0 Å². The van der Waals surface area contributed by atoms with Crippen molar-refractivity contribution in [2.45, 2.75) is 32.1 Å². The molecule has 1 aliphatic heterocycles. The van der Waals surface area contributed by atoms with Crippen LogP contribution in [0.25, 0.3) is 0 Å². The van der Waals surface area contributed by atoms with Gasteiger partial charge in [0.2, 0.25) is 0 Å². The van der Waals surface area contributed by atoms with Crippen LogP contribution in [-0.4, -0.2) is 40.0 Å². The van der Waals surface area contributed by atoms with Crippen LogP contribution < -0.4 is 5.32 Å².